The van der Waals surface area contributed by atoms with Crippen LogP contribution in [0.25, 0.3) is 0 Å². The van der Waals surface area contributed by atoms with E-state index >= 15 is 0 Å². The minimum atomic E-state index is 0.0782. The topological polar surface area (TPSA) is 53.0 Å². The van der Waals surface area contributed by atoms with Crippen LogP contribution < -0.4 is 4.74 Å². The second-order valence-corrected chi connectivity index (χ2v) is 9.88. The molecule has 0 aromatic heterocycles. The average Bonchev–Trinajstić information content (AvgIpc) is 3.26. The van der Waals surface area contributed by atoms with Crippen LogP contribution in [0.15, 0.2) is 72.8 Å². The molecule has 0 bridgehead atoms. The number of methoxy groups -OCH3 is 1. The molecule has 1 N–H and O–H groups in total. The summed E-state index contributed by atoms with van der Waals surface area (Å²) in [5.41, 5.74) is 4.16. The van der Waals surface area contributed by atoms with Crippen molar-refractivity contribution in [3.8, 4) is 11.5 Å². The van der Waals surface area contributed by atoms with Crippen LogP contribution in [0, 0.1) is 12.8 Å². The third-order valence-corrected chi connectivity index (χ3v) is 7.04. The molecule has 0 saturated carbocycles. The van der Waals surface area contributed by atoms with E-state index in [-0.39, 0.29) is 23.6 Å². The first kappa shape index (κ1) is 24.8. The highest BCUT2D eigenvalue weighted by molar-refractivity contribution is 5.94. The van der Waals surface area contributed by atoms with Crippen molar-refractivity contribution in [1.29, 1.82) is 0 Å². The van der Waals surface area contributed by atoms with Gasteiger partial charge in [-0.25, -0.2) is 0 Å². The number of likely N-dealkylation sites (tertiary alicyclic amines) is 1. The molecule has 1 amide bonds. The second-order valence-electron chi connectivity index (χ2n) is 9.88. The van der Waals surface area contributed by atoms with Gasteiger partial charge >= 0.3 is 0 Å². The zero-order valence-electron chi connectivity index (χ0n) is 21.1. The van der Waals surface area contributed by atoms with Crippen molar-refractivity contribution >= 4 is 5.91 Å². The van der Waals surface area contributed by atoms with E-state index in [0.717, 1.165) is 24.2 Å². The molecule has 1 saturated heterocycles. The summed E-state index contributed by atoms with van der Waals surface area (Å²) in [6, 6.07) is 23.9. The third kappa shape index (κ3) is 5.85. The van der Waals surface area contributed by atoms with Gasteiger partial charge in [-0.1, -0.05) is 54.1 Å². The largest absolute Gasteiger partial charge is 0.507 e. The molecule has 35 heavy (non-hydrogen) atoms. The number of carbonyl (C=O) groups is 1. The fourth-order valence-electron chi connectivity index (χ4n) is 5.04. The van der Waals surface area contributed by atoms with E-state index in [9.17, 15) is 9.90 Å². The summed E-state index contributed by atoms with van der Waals surface area (Å²) in [4.78, 5) is 17.8. The van der Waals surface area contributed by atoms with Crippen molar-refractivity contribution in [2.24, 2.45) is 5.92 Å². The van der Waals surface area contributed by atoms with Gasteiger partial charge in [0.1, 0.15) is 11.5 Å². The number of hydrogen-bond donors (Lipinski definition) is 1. The highest BCUT2D eigenvalue weighted by Gasteiger charge is 2.36. The van der Waals surface area contributed by atoms with Crippen LogP contribution >= 0.6 is 0 Å². The summed E-state index contributed by atoms with van der Waals surface area (Å²) in [5, 5.41) is 10.5. The first-order valence-corrected chi connectivity index (χ1v) is 12.4. The summed E-state index contributed by atoms with van der Waals surface area (Å²) in [6.45, 7) is 9.36. The molecule has 1 heterocycles. The second kappa shape index (κ2) is 11.0. The molecule has 1 aliphatic rings. The minimum Gasteiger partial charge on any atom is -0.507 e. The van der Waals surface area contributed by atoms with Gasteiger partial charge in [0.15, 0.2) is 0 Å². The number of carbonyl (C=O) groups excluding carboxylic acids is 1. The molecule has 0 aliphatic carbocycles. The van der Waals surface area contributed by atoms with Crippen molar-refractivity contribution in [2.45, 2.75) is 39.3 Å². The van der Waals surface area contributed by atoms with Crippen molar-refractivity contribution in [1.82, 2.24) is 9.80 Å². The lowest BCUT2D eigenvalue weighted by atomic mass is 9.88. The lowest BCUT2D eigenvalue weighted by molar-refractivity contribution is 0.0668. The fourth-order valence-corrected chi connectivity index (χ4v) is 5.04. The van der Waals surface area contributed by atoms with Crippen LogP contribution in [0.2, 0.25) is 0 Å². The van der Waals surface area contributed by atoms with Gasteiger partial charge in [-0.2, -0.15) is 0 Å². The number of aromatic hydroxyl groups is 1. The van der Waals surface area contributed by atoms with Crippen LogP contribution in [0.5, 0.6) is 11.5 Å². The van der Waals surface area contributed by atoms with E-state index in [1.54, 1.807) is 13.2 Å². The van der Waals surface area contributed by atoms with Crippen LogP contribution in [0.4, 0.5) is 0 Å². The van der Waals surface area contributed by atoms with E-state index in [0.29, 0.717) is 24.8 Å². The summed E-state index contributed by atoms with van der Waals surface area (Å²) < 4.78 is 5.24. The molecule has 3 aromatic carbocycles. The smallest absolute Gasteiger partial charge is 0.254 e. The summed E-state index contributed by atoms with van der Waals surface area (Å²) in [5.74, 6) is 1.57. The minimum absolute atomic E-state index is 0.0782. The van der Waals surface area contributed by atoms with Crippen molar-refractivity contribution in [3.05, 3.63) is 95.1 Å². The molecular weight excluding hydrogens is 436 g/mol. The molecule has 3 aromatic rings. The normalized spacial score (nSPS) is 18.1. The maximum atomic E-state index is 13.4. The highest BCUT2D eigenvalue weighted by atomic mass is 16.5. The Morgan fingerprint density at radius 2 is 1.77 bits per heavy atom. The maximum Gasteiger partial charge on any atom is 0.254 e. The van der Waals surface area contributed by atoms with Gasteiger partial charge in [-0.05, 0) is 50.5 Å². The molecule has 5 heteroatoms. The number of aryl methyl sites for hydroxylation is 1. The van der Waals surface area contributed by atoms with E-state index in [1.165, 1.54) is 11.1 Å². The monoisotopic (exact) mass is 472 g/mol. The number of benzene rings is 3. The maximum absolute atomic E-state index is 13.4. The number of phenols is 1. The molecule has 0 spiro atoms. The molecule has 2 atom stereocenters. The molecule has 0 radical (unpaired) electrons. The predicted molar refractivity (Wildman–Crippen MR) is 140 cm³/mol. The van der Waals surface area contributed by atoms with Gasteiger partial charge in [-0.3, -0.25) is 9.69 Å². The highest BCUT2D eigenvalue weighted by Crippen LogP contribution is 2.36. The standard InChI is InChI=1S/C30H36N2O3/c1-21(2)32(30(34)24-8-6-5-7-9-24)19-26-18-31(17-25-14-15-27(35-4)16-29(25)33)20-28(26)23-12-10-22(3)11-13-23/h5-16,21,26,28,33H,17-20H2,1-4H3/t26-,28-/m1/s1. The molecule has 184 valence electrons. The Hall–Kier alpha value is -3.31. The van der Waals surface area contributed by atoms with Gasteiger partial charge in [-0.15, -0.1) is 0 Å². The quantitative estimate of drug-likeness (QED) is 0.472. The summed E-state index contributed by atoms with van der Waals surface area (Å²) in [7, 11) is 1.60. The van der Waals surface area contributed by atoms with Crippen LogP contribution in [0.3, 0.4) is 0 Å². The van der Waals surface area contributed by atoms with Gasteiger partial charge in [0, 0.05) is 55.3 Å². The van der Waals surface area contributed by atoms with Crippen molar-refractivity contribution < 1.29 is 14.6 Å². The Bertz CT molecular complexity index is 1130. The van der Waals surface area contributed by atoms with Gasteiger partial charge in [0.25, 0.3) is 5.91 Å². The predicted octanol–water partition coefficient (Wildman–Crippen LogP) is 5.48. The third-order valence-electron chi connectivity index (χ3n) is 7.04. The first-order chi connectivity index (χ1) is 16.9. The molecule has 4 rings (SSSR count). The number of ether oxygens (including phenoxy) is 1. The lowest BCUT2D eigenvalue weighted by Crippen LogP contribution is -2.42. The zero-order valence-corrected chi connectivity index (χ0v) is 21.1. The Kier molecular flexibility index (Phi) is 7.76. The first-order valence-electron chi connectivity index (χ1n) is 12.4. The molecule has 1 fully saturated rings. The SMILES string of the molecule is COc1ccc(CN2C[C@H](CN(C(=O)c3ccccc3)C(C)C)[C@@H](c3ccc(C)cc3)C2)c(O)c1. The molecule has 5 nitrogen and oxygen atoms in total. The van der Waals surface area contributed by atoms with Crippen molar-refractivity contribution in [2.75, 3.05) is 26.7 Å². The molecular formula is C30H36N2O3. The average molecular weight is 473 g/mol. The number of hydrogen-bond acceptors (Lipinski definition) is 4. The van der Waals surface area contributed by atoms with E-state index in [4.69, 9.17) is 4.74 Å². The van der Waals surface area contributed by atoms with Gasteiger partial charge in [0.2, 0.25) is 0 Å². The van der Waals surface area contributed by atoms with Crippen molar-refractivity contribution in [3.63, 3.8) is 0 Å². The van der Waals surface area contributed by atoms with Crippen LogP contribution in [-0.2, 0) is 6.54 Å². The van der Waals surface area contributed by atoms with E-state index < -0.39 is 0 Å². The molecule has 0 unspecified atom stereocenters. The zero-order chi connectivity index (χ0) is 24.9. The number of nitrogens with zero attached hydrogens (tertiary/aromatic N) is 2. The number of rotatable bonds is 8. The Labute approximate surface area is 209 Å². The van der Waals surface area contributed by atoms with E-state index in [1.807, 2.05) is 47.4 Å². The Morgan fingerprint density at radius 1 is 1.06 bits per heavy atom. The fraction of sp³-hybridized carbons (Fsp3) is 0.367. The summed E-state index contributed by atoms with van der Waals surface area (Å²) >= 11 is 0. The number of phenolic OH excluding ortho intramolecular Hbond substituents is 1. The Balaban J connectivity index is 1.58. The van der Waals surface area contributed by atoms with Crippen LogP contribution in [0.1, 0.15) is 46.8 Å². The number of amides is 1. The van der Waals surface area contributed by atoms with Crippen LogP contribution in [-0.4, -0.2) is 53.6 Å². The molecule has 1 aliphatic heterocycles. The summed E-state index contributed by atoms with van der Waals surface area (Å²) in [6.07, 6.45) is 0. The van der Waals surface area contributed by atoms with Gasteiger partial charge < -0.3 is 14.7 Å². The van der Waals surface area contributed by atoms with E-state index in [2.05, 4.69) is 49.9 Å². The van der Waals surface area contributed by atoms with Gasteiger partial charge in [0.05, 0.1) is 7.11 Å². The lowest BCUT2D eigenvalue weighted by Gasteiger charge is -2.32. The Morgan fingerprint density at radius 3 is 2.40 bits per heavy atom.